The van der Waals surface area contributed by atoms with Gasteiger partial charge in [0.15, 0.2) is 0 Å². The van der Waals surface area contributed by atoms with Crippen molar-refractivity contribution in [3.05, 3.63) is 51.5 Å². The molecule has 2 atom stereocenters. The van der Waals surface area contributed by atoms with Gasteiger partial charge in [0.2, 0.25) is 5.91 Å². The number of rotatable bonds is 3. The molecule has 1 spiro atoms. The number of hydrogen-bond donors (Lipinski definition) is 0. The van der Waals surface area contributed by atoms with Gasteiger partial charge in [0.1, 0.15) is 23.1 Å². The molecule has 11 heteroatoms. The maximum Gasteiger partial charge on any atom is 0.417 e. The van der Waals surface area contributed by atoms with E-state index in [1.54, 1.807) is 37.5 Å². The lowest BCUT2D eigenvalue weighted by atomic mass is 9.71. The molecule has 0 radical (unpaired) electrons. The van der Waals surface area contributed by atoms with Crippen molar-refractivity contribution >= 4 is 35.3 Å². The van der Waals surface area contributed by atoms with Crippen molar-refractivity contribution in [1.29, 1.82) is 0 Å². The Morgan fingerprint density at radius 1 is 1.08 bits per heavy atom. The van der Waals surface area contributed by atoms with Gasteiger partial charge in [-0.2, -0.15) is 0 Å². The molecule has 4 amide bonds. The Morgan fingerprint density at radius 2 is 1.74 bits per heavy atom. The molecule has 0 saturated carbocycles. The Hall–Kier alpha value is -3.47. The van der Waals surface area contributed by atoms with E-state index in [9.17, 15) is 19.2 Å². The van der Waals surface area contributed by atoms with Crippen LogP contribution in [0.15, 0.2) is 30.3 Å². The van der Waals surface area contributed by atoms with Gasteiger partial charge in [0, 0.05) is 31.6 Å². The first-order valence-corrected chi connectivity index (χ1v) is 13.5. The predicted molar refractivity (Wildman–Crippen MR) is 139 cm³/mol. The fourth-order valence-corrected chi connectivity index (χ4v) is 6.47. The van der Waals surface area contributed by atoms with E-state index in [2.05, 4.69) is 4.98 Å². The minimum atomic E-state index is -0.693. The summed E-state index contributed by atoms with van der Waals surface area (Å²) in [4.78, 5) is 62.5. The standard InChI is InChI=1S/C27H32N4O6S/c1-16-21(38-17(2)28-16)23(33)29-11-19(27(13-29)14-30(15-27)24(34)37-26(3,4)5)22(32)31-20(12-36-25(31)35)18-9-7-6-8-10-18/h6-10,19-20H,11-15H2,1-5H3/t19-,20-/m0/s1. The average Bonchev–Trinajstić information content (AvgIpc) is 3.51. The molecule has 2 aromatic rings. The second kappa shape index (κ2) is 9.37. The predicted octanol–water partition coefficient (Wildman–Crippen LogP) is 3.79. The van der Waals surface area contributed by atoms with E-state index in [1.807, 2.05) is 37.3 Å². The van der Waals surface area contributed by atoms with Crippen molar-refractivity contribution in [3.8, 4) is 0 Å². The number of hydrogen-bond acceptors (Lipinski definition) is 8. The van der Waals surface area contributed by atoms with Crippen molar-refractivity contribution in [2.24, 2.45) is 11.3 Å². The molecule has 1 aromatic heterocycles. The highest BCUT2D eigenvalue weighted by Gasteiger charge is 2.61. The third-order valence-corrected chi connectivity index (χ3v) is 8.35. The molecule has 3 aliphatic heterocycles. The van der Waals surface area contributed by atoms with Gasteiger partial charge in [0.05, 0.1) is 16.6 Å². The van der Waals surface area contributed by atoms with E-state index in [-0.39, 0.29) is 38.7 Å². The van der Waals surface area contributed by atoms with Crippen LogP contribution in [0, 0.1) is 25.2 Å². The third-order valence-electron chi connectivity index (χ3n) is 7.29. The molecule has 4 heterocycles. The van der Waals surface area contributed by atoms with Crippen LogP contribution >= 0.6 is 11.3 Å². The first kappa shape index (κ1) is 26.1. The first-order chi connectivity index (χ1) is 17.9. The Labute approximate surface area is 225 Å². The highest BCUT2D eigenvalue weighted by atomic mass is 32.1. The SMILES string of the molecule is Cc1nc(C)c(C(=O)N2C[C@@H](C(=O)N3C(=O)OC[C@H]3c3ccccc3)C3(CN(C(=O)OC(C)(C)C)C3)C2)s1. The summed E-state index contributed by atoms with van der Waals surface area (Å²) in [5, 5.41) is 0.789. The molecule has 0 unspecified atom stereocenters. The van der Waals surface area contributed by atoms with Gasteiger partial charge in [-0.25, -0.2) is 19.5 Å². The first-order valence-electron chi connectivity index (χ1n) is 12.6. The van der Waals surface area contributed by atoms with Crippen molar-refractivity contribution in [3.63, 3.8) is 0 Å². The van der Waals surface area contributed by atoms with E-state index < -0.39 is 41.1 Å². The maximum absolute atomic E-state index is 14.1. The van der Waals surface area contributed by atoms with Gasteiger partial charge in [-0.3, -0.25) is 9.59 Å². The van der Waals surface area contributed by atoms with Gasteiger partial charge >= 0.3 is 12.2 Å². The van der Waals surface area contributed by atoms with Crippen molar-refractivity contribution < 1.29 is 28.7 Å². The number of carbonyl (C=O) groups excluding carboxylic acids is 4. The van der Waals surface area contributed by atoms with Crippen LogP contribution in [0.1, 0.15) is 52.7 Å². The van der Waals surface area contributed by atoms with Gasteiger partial charge in [-0.15, -0.1) is 11.3 Å². The molecule has 1 aromatic carbocycles. The van der Waals surface area contributed by atoms with Crippen LogP contribution in [-0.4, -0.2) is 82.1 Å². The van der Waals surface area contributed by atoms with Crippen LogP contribution in [0.25, 0.3) is 0 Å². The Bertz CT molecular complexity index is 1280. The average molecular weight is 541 g/mol. The second-order valence-corrected chi connectivity index (χ2v) is 12.5. The number of aromatic nitrogens is 1. The minimum Gasteiger partial charge on any atom is -0.446 e. The van der Waals surface area contributed by atoms with Crippen LogP contribution in [0.5, 0.6) is 0 Å². The van der Waals surface area contributed by atoms with Gasteiger partial charge in [-0.05, 0) is 40.2 Å². The smallest absolute Gasteiger partial charge is 0.417 e. The summed E-state index contributed by atoms with van der Waals surface area (Å²) < 4.78 is 10.8. The molecule has 0 aliphatic carbocycles. The van der Waals surface area contributed by atoms with Crippen LogP contribution in [0.4, 0.5) is 9.59 Å². The highest BCUT2D eigenvalue weighted by molar-refractivity contribution is 7.13. The third kappa shape index (κ3) is 4.63. The summed E-state index contributed by atoms with van der Waals surface area (Å²) >= 11 is 1.32. The van der Waals surface area contributed by atoms with E-state index in [0.717, 1.165) is 10.6 Å². The Morgan fingerprint density at radius 3 is 2.34 bits per heavy atom. The number of ether oxygens (including phenoxy) is 2. The fourth-order valence-electron chi connectivity index (χ4n) is 5.58. The van der Waals surface area contributed by atoms with E-state index >= 15 is 0 Å². The largest absolute Gasteiger partial charge is 0.446 e. The summed E-state index contributed by atoms with van der Waals surface area (Å²) in [6, 6.07) is 8.73. The summed E-state index contributed by atoms with van der Waals surface area (Å²) in [5.74, 6) is -1.27. The zero-order valence-electron chi connectivity index (χ0n) is 22.2. The highest BCUT2D eigenvalue weighted by Crippen LogP contribution is 2.47. The van der Waals surface area contributed by atoms with Crippen LogP contribution < -0.4 is 0 Å². The quantitative estimate of drug-likeness (QED) is 0.583. The zero-order valence-corrected chi connectivity index (χ0v) is 23.0. The molecule has 10 nitrogen and oxygen atoms in total. The molecular weight excluding hydrogens is 508 g/mol. The Kier molecular flexibility index (Phi) is 6.45. The monoisotopic (exact) mass is 540 g/mol. The normalized spacial score (nSPS) is 22.4. The van der Waals surface area contributed by atoms with Gasteiger partial charge < -0.3 is 19.3 Å². The van der Waals surface area contributed by atoms with Crippen molar-refractivity contribution in [2.75, 3.05) is 32.8 Å². The lowest BCUT2D eigenvalue weighted by Crippen LogP contribution is -2.64. The molecule has 3 aliphatic rings. The lowest BCUT2D eigenvalue weighted by Gasteiger charge is -2.50. The van der Waals surface area contributed by atoms with Crippen molar-refractivity contribution in [1.82, 2.24) is 19.7 Å². The number of amides is 4. The summed E-state index contributed by atoms with van der Waals surface area (Å²) in [7, 11) is 0. The second-order valence-electron chi connectivity index (χ2n) is 11.3. The van der Waals surface area contributed by atoms with Crippen LogP contribution in [0.2, 0.25) is 0 Å². The number of aryl methyl sites for hydroxylation is 2. The summed E-state index contributed by atoms with van der Waals surface area (Å²) in [5.41, 5.74) is 0.0989. The minimum absolute atomic E-state index is 0.0698. The molecule has 5 rings (SSSR count). The van der Waals surface area contributed by atoms with Crippen LogP contribution in [-0.2, 0) is 14.3 Å². The number of benzene rings is 1. The molecule has 3 fully saturated rings. The number of carbonyl (C=O) groups is 4. The lowest BCUT2D eigenvalue weighted by molar-refractivity contribution is -0.141. The number of imide groups is 1. The number of likely N-dealkylation sites (tertiary alicyclic amines) is 2. The molecular formula is C27H32N4O6S. The Balaban J connectivity index is 1.43. The number of thiazole rings is 1. The zero-order chi connectivity index (χ0) is 27.4. The van der Waals surface area contributed by atoms with E-state index in [4.69, 9.17) is 9.47 Å². The maximum atomic E-state index is 14.1. The summed E-state index contributed by atoms with van der Waals surface area (Å²) in [6.45, 7) is 10.0. The van der Waals surface area contributed by atoms with Crippen molar-refractivity contribution in [2.45, 2.75) is 46.3 Å². The van der Waals surface area contributed by atoms with Gasteiger partial charge in [0.25, 0.3) is 5.91 Å². The molecule has 0 bridgehead atoms. The summed E-state index contributed by atoms with van der Waals surface area (Å²) in [6.07, 6.45) is -1.16. The number of nitrogens with zero attached hydrogens (tertiary/aromatic N) is 4. The fraction of sp³-hybridized carbons (Fsp3) is 0.519. The van der Waals surface area contributed by atoms with Crippen LogP contribution in [0.3, 0.4) is 0 Å². The molecule has 3 saturated heterocycles. The topological polar surface area (TPSA) is 109 Å². The number of cyclic esters (lactones) is 1. The van der Waals surface area contributed by atoms with Gasteiger partial charge in [-0.1, -0.05) is 30.3 Å². The van der Waals surface area contributed by atoms with E-state index in [0.29, 0.717) is 10.6 Å². The molecule has 38 heavy (non-hydrogen) atoms. The molecule has 202 valence electrons. The molecule has 0 N–H and O–H groups in total. The van der Waals surface area contributed by atoms with E-state index in [1.165, 1.54) is 16.2 Å².